The Morgan fingerprint density at radius 2 is 2.19 bits per heavy atom. The molecule has 21 heavy (non-hydrogen) atoms. The molecule has 1 aliphatic heterocycles. The van der Waals surface area contributed by atoms with Crippen molar-refractivity contribution in [2.75, 3.05) is 26.7 Å². The predicted octanol–water partition coefficient (Wildman–Crippen LogP) is 2.43. The maximum Gasteiger partial charge on any atom is 0.223 e. The molecule has 1 amide bonds. The van der Waals surface area contributed by atoms with Crippen LogP contribution in [0.15, 0.2) is 24.3 Å². The zero-order valence-corrected chi connectivity index (χ0v) is 13.8. The molecule has 0 aliphatic carbocycles. The minimum absolute atomic E-state index is 0. The van der Waals surface area contributed by atoms with E-state index in [1.807, 2.05) is 29.2 Å². The third-order valence-electron chi connectivity index (χ3n) is 3.97. The van der Waals surface area contributed by atoms with Crippen LogP contribution in [0.1, 0.15) is 31.7 Å². The lowest BCUT2D eigenvalue weighted by Gasteiger charge is -2.34. The first-order valence-electron chi connectivity index (χ1n) is 7.26. The zero-order chi connectivity index (χ0) is 14.5. The van der Waals surface area contributed by atoms with Crippen molar-refractivity contribution < 1.29 is 9.53 Å². The Hall–Kier alpha value is -1.26. The number of carbonyl (C=O) groups excluding carboxylic acids is 1. The average molecular weight is 313 g/mol. The molecule has 1 aromatic carbocycles. The Morgan fingerprint density at radius 1 is 1.48 bits per heavy atom. The molecule has 5 heteroatoms. The molecule has 0 aromatic heterocycles. The summed E-state index contributed by atoms with van der Waals surface area (Å²) in [6.07, 6.45) is 0.532. The quantitative estimate of drug-likeness (QED) is 0.928. The molecule has 2 atom stereocenters. The number of methoxy groups -OCH3 is 1. The van der Waals surface area contributed by atoms with Gasteiger partial charge in [0.15, 0.2) is 0 Å². The lowest BCUT2D eigenvalue weighted by molar-refractivity contribution is -0.134. The summed E-state index contributed by atoms with van der Waals surface area (Å²) in [6, 6.07) is 8.21. The van der Waals surface area contributed by atoms with E-state index in [1.165, 1.54) is 0 Å². The number of carbonyl (C=O) groups is 1. The molecule has 1 saturated heterocycles. The van der Waals surface area contributed by atoms with E-state index >= 15 is 0 Å². The minimum atomic E-state index is 0. The number of piperazine rings is 1. The summed E-state index contributed by atoms with van der Waals surface area (Å²) >= 11 is 0. The molecule has 2 rings (SSSR count). The number of hydrogen-bond donors (Lipinski definition) is 1. The van der Waals surface area contributed by atoms with Crippen LogP contribution in [-0.4, -0.2) is 43.6 Å². The highest BCUT2D eigenvalue weighted by molar-refractivity contribution is 5.85. The fraction of sp³-hybridized carbons (Fsp3) is 0.562. The SMILES string of the molecule is COc1ccccc1C(C)CC(=O)N1CCNC[C@H]1C.Cl. The molecule has 1 N–H and O–H groups in total. The first-order valence-corrected chi connectivity index (χ1v) is 7.26. The van der Waals surface area contributed by atoms with Crippen molar-refractivity contribution in [1.82, 2.24) is 10.2 Å². The standard InChI is InChI=1S/C16H24N2O2.ClH/c1-12(14-6-4-5-7-15(14)20-3)10-16(19)18-9-8-17-11-13(18)2;/h4-7,12-13,17H,8-11H2,1-3H3;1H/t12?,13-;/m1./s1. The highest BCUT2D eigenvalue weighted by atomic mass is 35.5. The monoisotopic (exact) mass is 312 g/mol. The normalized spacial score (nSPS) is 19.6. The van der Waals surface area contributed by atoms with Gasteiger partial charge in [-0.3, -0.25) is 4.79 Å². The van der Waals surface area contributed by atoms with Gasteiger partial charge in [-0.25, -0.2) is 0 Å². The number of ether oxygens (including phenoxy) is 1. The second-order valence-electron chi connectivity index (χ2n) is 5.49. The summed E-state index contributed by atoms with van der Waals surface area (Å²) in [7, 11) is 1.67. The Morgan fingerprint density at radius 3 is 2.86 bits per heavy atom. The van der Waals surface area contributed by atoms with Crippen LogP contribution in [0.2, 0.25) is 0 Å². The lowest BCUT2D eigenvalue weighted by atomic mass is 9.95. The van der Waals surface area contributed by atoms with Gasteiger partial charge in [0.25, 0.3) is 0 Å². The van der Waals surface area contributed by atoms with E-state index in [9.17, 15) is 4.79 Å². The van der Waals surface area contributed by atoms with Crippen LogP contribution in [0.3, 0.4) is 0 Å². The van der Waals surface area contributed by atoms with Gasteiger partial charge in [0.2, 0.25) is 5.91 Å². The van der Waals surface area contributed by atoms with Gasteiger partial charge in [-0.15, -0.1) is 12.4 Å². The molecule has 0 spiro atoms. The number of nitrogens with one attached hydrogen (secondary N) is 1. The van der Waals surface area contributed by atoms with Crippen LogP contribution in [0, 0.1) is 0 Å². The summed E-state index contributed by atoms with van der Waals surface area (Å²) in [4.78, 5) is 14.4. The topological polar surface area (TPSA) is 41.6 Å². The van der Waals surface area contributed by atoms with Gasteiger partial charge < -0.3 is 15.0 Å². The highest BCUT2D eigenvalue weighted by Gasteiger charge is 2.25. The van der Waals surface area contributed by atoms with E-state index in [0.717, 1.165) is 30.9 Å². The van der Waals surface area contributed by atoms with E-state index in [1.54, 1.807) is 7.11 Å². The predicted molar refractivity (Wildman–Crippen MR) is 87.3 cm³/mol. The number of amides is 1. The van der Waals surface area contributed by atoms with Crippen molar-refractivity contribution >= 4 is 18.3 Å². The second kappa shape index (κ2) is 8.25. The summed E-state index contributed by atoms with van der Waals surface area (Å²) in [5.41, 5.74) is 1.10. The molecule has 118 valence electrons. The number of para-hydroxylation sites is 1. The fourth-order valence-electron chi connectivity index (χ4n) is 2.77. The molecule has 1 aromatic rings. The van der Waals surface area contributed by atoms with Gasteiger partial charge in [-0.05, 0) is 24.5 Å². The van der Waals surface area contributed by atoms with Crippen LogP contribution in [-0.2, 0) is 4.79 Å². The number of hydrogen-bond acceptors (Lipinski definition) is 3. The molecular weight excluding hydrogens is 288 g/mol. The number of benzene rings is 1. The van der Waals surface area contributed by atoms with Gasteiger partial charge in [-0.2, -0.15) is 0 Å². The molecule has 1 heterocycles. The Labute approximate surface area is 133 Å². The summed E-state index contributed by atoms with van der Waals surface area (Å²) in [5, 5.41) is 3.31. The largest absolute Gasteiger partial charge is 0.496 e. The Balaban J connectivity index is 0.00000220. The Bertz CT molecular complexity index is 467. The van der Waals surface area contributed by atoms with Crippen molar-refractivity contribution in [2.45, 2.75) is 32.2 Å². The number of nitrogens with zero attached hydrogens (tertiary/aromatic N) is 1. The molecule has 1 unspecified atom stereocenters. The van der Waals surface area contributed by atoms with Crippen LogP contribution >= 0.6 is 12.4 Å². The van der Waals surface area contributed by atoms with Crippen molar-refractivity contribution in [3.05, 3.63) is 29.8 Å². The van der Waals surface area contributed by atoms with Gasteiger partial charge in [0.1, 0.15) is 5.75 Å². The smallest absolute Gasteiger partial charge is 0.223 e. The molecule has 1 fully saturated rings. The van der Waals surface area contributed by atoms with Crippen LogP contribution < -0.4 is 10.1 Å². The molecule has 0 saturated carbocycles. The maximum atomic E-state index is 12.4. The molecule has 0 bridgehead atoms. The zero-order valence-electron chi connectivity index (χ0n) is 13.0. The third kappa shape index (κ3) is 4.35. The fourth-order valence-corrected chi connectivity index (χ4v) is 2.77. The van der Waals surface area contributed by atoms with Crippen LogP contribution in [0.4, 0.5) is 0 Å². The minimum Gasteiger partial charge on any atom is -0.496 e. The number of halogens is 1. The van der Waals surface area contributed by atoms with Crippen LogP contribution in [0.25, 0.3) is 0 Å². The van der Waals surface area contributed by atoms with E-state index in [4.69, 9.17) is 4.74 Å². The van der Waals surface area contributed by atoms with E-state index in [-0.39, 0.29) is 30.3 Å². The average Bonchev–Trinajstić information content (AvgIpc) is 2.47. The van der Waals surface area contributed by atoms with Gasteiger partial charge in [0.05, 0.1) is 7.11 Å². The van der Waals surface area contributed by atoms with Crippen LogP contribution in [0.5, 0.6) is 5.75 Å². The van der Waals surface area contributed by atoms with Gasteiger partial charge >= 0.3 is 0 Å². The summed E-state index contributed by atoms with van der Waals surface area (Å²) in [6.45, 7) is 6.76. The van der Waals surface area contributed by atoms with E-state index < -0.39 is 0 Å². The van der Waals surface area contributed by atoms with Crippen molar-refractivity contribution in [2.24, 2.45) is 0 Å². The first kappa shape index (κ1) is 17.8. The molecular formula is C16H25ClN2O2. The summed E-state index contributed by atoms with van der Waals surface area (Å²) in [5.74, 6) is 1.26. The van der Waals surface area contributed by atoms with Gasteiger partial charge in [0, 0.05) is 32.1 Å². The van der Waals surface area contributed by atoms with Crippen molar-refractivity contribution in [1.29, 1.82) is 0 Å². The molecule has 4 nitrogen and oxygen atoms in total. The molecule has 1 aliphatic rings. The highest BCUT2D eigenvalue weighted by Crippen LogP contribution is 2.29. The first-order chi connectivity index (χ1) is 9.63. The van der Waals surface area contributed by atoms with Crippen molar-refractivity contribution in [3.8, 4) is 5.75 Å². The third-order valence-corrected chi connectivity index (χ3v) is 3.97. The maximum absolute atomic E-state index is 12.4. The number of rotatable bonds is 4. The Kier molecular flexibility index (Phi) is 6.99. The summed E-state index contributed by atoms with van der Waals surface area (Å²) < 4.78 is 5.38. The van der Waals surface area contributed by atoms with Gasteiger partial charge in [-0.1, -0.05) is 25.1 Å². The lowest BCUT2D eigenvalue weighted by Crippen LogP contribution is -2.52. The van der Waals surface area contributed by atoms with E-state index in [2.05, 4.69) is 19.2 Å². The van der Waals surface area contributed by atoms with Crippen molar-refractivity contribution in [3.63, 3.8) is 0 Å². The molecule has 0 radical (unpaired) electrons. The van der Waals surface area contributed by atoms with E-state index in [0.29, 0.717) is 6.42 Å². The second-order valence-corrected chi connectivity index (χ2v) is 5.49.